The molecular formula is C21H20N6O3. The van der Waals surface area contributed by atoms with Crippen molar-refractivity contribution in [2.75, 3.05) is 25.6 Å². The molecule has 0 unspecified atom stereocenters. The van der Waals surface area contributed by atoms with E-state index in [2.05, 4.69) is 31.3 Å². The zero-order valence-electron chi connectivity index (χ0n) is 16.4. The molecule has 0 radical (unpaired) electrons. The number of hydrogen-bond acceptors (Lipinski definition) is 7. The molecule has 0 aliphatic carbocycles. The topological polar surface area (TPSA) is 104 Å². The summed E-state index contributed by atoms with van der Waals surface area (Å²) in [7, 11) is 1.60. The van der Waals surface area contributed by atoms with E-state index in [1.54, 1.807) is 42.5 Å². The van der Waals surface area contributed by atoms with Gasteiger partial charge < -0.3 is 19.2 Å². The second kappa shape index (κ2) is 7.68. The van der Waals surface area contributed by atoms with Crippen molar-refractivity contribution >= 4 is 28.4 Å². The monoisotopic (exact) mass is 404 g/mol. The van der Waals surface area contributed by atoms with E-state index in [9.17, 15) is 4.79 Å². The number of carbonyl (C=O) groups is 1. The molecule has 0 atom stereocenters. The molecule has 9 nitrogen and oxygen atoms in total. The highest BCUT2D eigenvalue weighted by molar-refractivity contribution is 6.03. The van der Waals surface area contributed by atoms with Gasteiger partial charge in [-0.3, -0.25) is 14.8 Å². The van der Waals surface area contributed by atoms with Crippen molar-refractivity contribution in [2.45, 2.75) is 18.8 Å². The minimum Gasteiger partial charge on any atom is -0.494 e. The third kappa shape index (κ3) is 3.33. The SMILES string of the molecule is COc1ccc(C2CCOCC2)c2ncc(NC(=O)c3cn4ccncc4n3)nc12. The Morgan fingerprint density at radius 2 is 2.07 bits per heavy atom. The Morgan fingerprint density at radius 3 is 2.87 bits per heavy atom. The predicted molar refractivity (Wildman–Crippen MR) is 110 cm³/mol. The van der Waals surface area contributed by atoms with Crippen molar-refractivity contribution in [3.63, 3.8) is 0 Å². The van der Waals surface area contributed by atoms with Gasteiger partial charge in [0.15, 0.2) is 11.5 Å². The predicted octanol–water partition coefficient (Wildman–Crippen LogP) is 2.83. The summed E-state index contributed by atoms with van der Waals surface area (Å²) < 4.78 is 12.7. The van der Waals surface area contributed by atoms with E-state index in [-0.39, 0.29) is 11.6 Å². The fraction of sp³-hybridized carbons (Fsp3) is 0.286. The fourth-order valence-corrected chi connectivity index (χ4v) is 3.79. The van der Waals surface area contributed by atoms with Gasteiger partial charge in [0.05, 0.1) is 25.0 Å². The van der Waals surface area contributed by atoms with Gasteiger partial charge in [-0.2, -0.15) is 0 Å². The van der Waals surface area contributed by atoms with Crippen molar-refractivity contribution in [3.05, 3.63) is 54.4 Å². The highest BCUT2D eigenvalue weighted by Gasteiger charge is 2.21. The Morgan fingerprint density at radius 1 is 1.20 bits per heavy atom. The number of methoxy groups -OCH3 is 1. The number of ether oxygens (including phenoxy) is 2. The third-order valence-corrected chi connectivity index (χ3v) is 5.31. The molecule has 0 spiro atoms. The second-order valence-corrected chi connectivity index (χ2v) is 7.12. The smallest absolute Gasteiger partial charge is 0.277 e. The molecule has 1 saturated heterocycles. The Bertz CT molecular complexity index is 1200. The molecule has 1 amide bonds. The number of benzene rings is 1. The number of rotatable bonds is 4. The van der Waals surface area contributed by atoms with Crippen LogP contribution in [-0.2, 0) is 4.74 Å². The highest BCUT2D eigenvalue weighted by Crippen LogP contribution is 2.35. The van der Waals surface area contributed by atoms with Crippen LogP contribution in [0.1, 0.15) is 34.8 Å². The minimum atomic E-state index is -0.369. The van der Waals surface area contributed by atoms with Crippen LogP contribution in [-0.4, -0.2) is 50.6 Å². The van der Waals surface area contributed by atoms with E-state index in [1.807, 2.05) is 6.07 Å². The van der Waals surface area contributed by atoms with E-state index < -0.39 is 0 Å². The van der Waals surface area contributed by atoms with Crippen LogP contribution in [0.2, 0.25) is 0 Å². The van der Waals surface area contributed by atoms with Crippen LogP contribution in [0.4, 0.5) is 5.82 Å². The van der Waals surface area contributed by atoms with Gasteiger partial charge in [-0.15, -0.1) is 0 Å². The quantitative estimate of drug-likeness (QED) is 0.558. The van der Waals surface area contributed by atoms with Gasteiger partial charge in [0.1, 0.15) is 17.0 Å². The number of carbonyl (C=O) groups excluding carboxylic acids is 1. The number of nitrogens with one attached hydrogen (secondary N) is 1. The molecule has 1 aromatic carbocycles. The lowest BCUT2D eigenvalue weighted by molar-refractivity contribution is 0.0855. The summed E-state index contributed by atoms with van der Waals surface area (Å²) in [5.41, 5.74) is 3.41. The molecule has 4 aromatic rings. The van der Waals surface area contributed by atoms with Crippen molar-refractivity contribution < 1.29 is 14.3 Å². The summed E-state index contributed by atoms with van der Waals surface area (Å²) in [6, 6.07) is 3.96. The molecule has 152 valence electrons. The average molecular weight is 404 g/mol. The first-order chi connectivity index (χ1) is 14.7. The summed E-state index contributed by atoms with van der Waals surface area (Å²) in [6.07, 6.45) is 10.1. The zero-order valence-corrected chi connectivity index (χ0v) is 16.4. The maximum Gasteiger partial charge on any atom is 0.277 e. The van der Waals surface area contributed by atoms with Gasteiger partial charge in [0, 0.05) is 31.8 Å². The van der Waals surface area contributed by atoms with Crippen LogP contribution < -0.4 is 10.1 Å². The Balaban J connectivity index is 1.48. The van der Waals surface area contributed by atoms with E-state index in [1.165, 1.54) is 0 Å². The fourth-order valence-electron chi connectivity index (χ4n) is 3.79. The van der Waals surface area contributed by atoms with Gasteiger partial charge in [0.25, 0.3) is 5.91 Å². The third-order valence-electron chi connectivity index (χ3n) is 5.31. The first-order valence-corrected chi connectivity index (χ1v) is 9.74. The summed E-state index contributed by atoms with van der Waals surface area (Å²) in [5, 5.41) is 2.78. The van der Waals surface area contributed by atoms with Gasteiger partial charge in [0.2, 0.25) is 0 Å². The normalized spacial score (nSPS) is 14.8. The first-order valence-electron chi connectivity index (χ1n) is 9.74. The van der Waals surface area contributed by atoms with Gasteiger partial charge in [-0.1, -0.05) is 6.07 Å². The molecule has 1 aliphatic rings. The zero-order chi connectivity index (χ0) is 20.5. The first kappa shape index (κ1) is 18.4. The van der Waals surface area contributed by atoms with Crippen molar-refractivity contribution in [1.29, 1.82) is 0 Å². The molecule has 3 aromatic heterocycles. The molecular weight excluding hydrogens is 384 g/mol. The standard InChI is InChI=1S/C21H20N6O3/c1-29-16-3-2-14(13-4-8-30-9-5-13)19-20(16)25-17(10-23-19)26-21(28)15-12-27-7-6-22-11-18(27)24-15/h2-3,6-7,10-13H,4-5,8-9H2,1H3,(H,25,26,28). The van der Waals surface area contributed by atoms with Gasteiger partial charge in [-0.05, 0) is 30.4 Å². The maximum absolute atomic E-state index is 12.7. The van der Waals surface area contributed by atoms with Crippen LogP contribution in [0.25, 0.3) is 16.7 Å². The molecule has 1 N–H and O–H groups in total. The van der Waals surface area contributed by atoms with E-state index >= 15 is 0 Å². The van der Waals surface area contributed by atoms with Crippen molar-refractivity contribution in [1.82, 2.24) is 24.3 Å². The van der Waals surface area contributed by atoms with Crippen LogP contribution in [0.15, 0.2) is 43.1 Å². The molecule has 9 heteroatoms. The molecule has 4 heterocycles. The highest BCUT2D eigenvalue weighted by atomic mass is 16.5. The van der Waals surface area contributed by atoms with E-state index in [4.69, 9.17) is 9.47 Å². The number of hydrogen-bond donors (Lipinski definition) is 1. The van der Waals surface area contributed by atoms with E-state index in [0.29, 0.717) is 28.6 Å². The molecule has 1 aliphatic heterocycles. The lowest BCUT2D eigenvalue weighted by Crippen LogP contribution is -2.16. The summed E-state index contributed by atoms with van der Waals surface area (Å²) in [6.45, 7) is 1.49. The van der Waals surface area contributed by atoms with Crippen molar-refractivity contribution in [2.24, 2.45) is 0 Å². The number of amides is 1. The van der Waals surface area contributed by atoms with Crippen LogP contribution in [0.5, 0.6) is 5.75 Å². The number of aromatic nitrogens is 5. The second-order valence-electron chi connectivity index (χ2n) is 7.12. The van der Waals surface area contributed by atoms with Crippen LogP contribution in [0, 0.1) is 0 Å². The van der Waals surface area contributed by atoms with Crippen LogP contribution >= 0.6 is 0 Å². The summed E-state index contributed by atoms with van der Waals surface area (Å²) in [5.74, 6) is 0.953. The maximum atomic E-state index is 12.7. The molecule has 0 saturated carbocycles. The summed E-state index contributed by atoms with van der Waals surface area (Å²) >= 11 is 0. The van der Waals surface area contributed by atoms with Gasteiger partial charge >= 0.3 is 0 Å². The number of nitrogens with zero attached hydrogens (tertiary/aromatic N) is 5. The molecule has 5 rings (SSSR count). The number of imidazole rings is 1. The lowest BCUT2D eigenvalue weighted by atomic mass is 9.90. The van der Waals surface area contributed by atoms with Crippen LogP contribution in [0.3, 0.4) is 0 Å². The largest absolute Gasteiger partial charge is 0.494 e. The van der Waals surface area contributed by atoms with Gasteiger partial charge in [-0.25, -0.2) is 9.97 Å². The van der Waals surface area contributed by atoms with Crippen molar-refractivity contribution in [3.8, 4) is 5.75 Å². The number of fused-ring (bicyclic) bond motifs is 2. The van der Waals surface area contributed by atoms with E-state index in [0.717, 1.165) is 37.1 Å². The molecule has 0 bridgehead atoms. The Labute approximate surface area is 172 Å². The Kier molecular flexibility index (Phi) is 4.72. The summed E-state index contributed by atoms with van der Waals surface area (Å²) in [4.78, 5) is 30.2. The molecule has 1 fully saturated rings. The average Bonchev–Trinajstić information content (AvgIpc) is 3.23. The molecule has 30 heavy (non-hydrogen) atoms. The number of anilines is 1. The lowest BCUT2D eigenvalue weighted by Gasteiger charge is -2.23. The minimum absolute atomic E-state index is 0.271. The Hall–Kier alpha value is -3.59.